The third-order valence-electron chi connectivity index (χ3n) is 3.03. The van der Waals surface area contributed by atoms with E-state index in [2.05, 4.69) is 29.4 Å². The Morgan fingerprint density at radius 3 is 2.73 bits per heavy atom. The van der Waals surface area contributed by atoms with Gasteiger partial charge in [0.1, 0.15) is 0 Å². The Morgan fingerprint density at radius 2 is 2.33 bits per heavy atom. The summed E-state index contributed by atoms with van der Waals surface area (Å²) in [5.74, 6) is 0. The van der Waals surface area contributed by atoms with Crippen LogP contribution in [0.1, 0.15) is 44.5 Å². The van der Waals surface area contributed by atoms with Crippen LogP contribution in [0.4, 0.5) is 0 Å². The van der Waals surface area contributed by atoms with Gasteiger partial charge in [-0.15, -0.1) is 0 Å². The fraction of sp³-hybridized carbons (Fsp3) is 0.727. The second-order valence-corrected chi connectivity index (χ2v) is 4.39. The molecule has 0 saturated heterocycles. The predicted octanol–water partition coefficient (Wildman–Crippen LogP) is 1.53. The highest BCUT2D eigenvalue weighted by Gasteiger charge is 2.24. The van der Waals surface area contributed by atoms with Gasteiger partial charge >= 0.3 is 0 Å². The maximum Gasteiger partial charge on any atom is 0.0610 e. The molecule has 4 heteroatoms. The minimum Gasteiger partial charge on any atom is -0.394 e. The van der Waals surface area contributed by atoms with Crippen LogP contribution in [0.25, 0.3) is 0 Å². The molecule has 2 unspecified atom stereocenters. The number of hydrogen-bond donors (Lipinski definition) is 3. The van der Waals surface area contributed by atoms with Crippen molar-refractivity contribution in [2.75, 3.05) is 6.61 Å². The molecule has 1 rings (SSSR count). The summed E-state index contributed by atoms with van der Waals surface area (Å²) in [6, 6.07) is 0.195. The van der Waals surface area contributed by atoms with Crippen LogP contribution < -0.4 is 5.32 Å². The highest BCUT2D eigenvalue weighted by molar-refractivity contribution is 5.19. The van der Waals surface area contributed by atoms with E-state index in [1.54, 1.807) is 0 Å². The quantitative estimate of drug-likeness (QED) is 0.692. The van der Waals surface area contributed by atoms with Gasteiger partial charge in [0.05, 0.1) is 12.8 Å². The van der Waals surface area contributed by atoms with Crippen LogP contribution in [-0.4, -0.2) is 27.4 Å². The van der Waals surface area contributed by atoms with Crippen molar-refractivity contribution in [2.24, 2.45) is 0 Å². The van der Waals surface area contributed by atoms with E-state index in [0.717, 1.165) is 17.7 Å². The van der Waals surface area contributed by atoms with E-state index in [9.17, 15) is 5.11 Å². The molecule has 15 heavy (non-hydrogen) atoms. The minimum atomic E-state index is -0.219. The number of nitrogens with one attached hydrogen (secondary N) is 2. The topological polar surface area (TPSA) is 60.9 Å². The van der Waals surface area contributed by atoms with E-state index < -0.39 is 0 Å². The van der Waals surface area contributed by atoms with Crippen LogP contribution >= 0.6 is 0 Å². The van der Waals surface area contributed by atoms with Gasteiger partial charge in [-0.25, -0.2) is 0 Å². The molecule has 86 valence electrons. The standard InChI is InChI=1S/C11H21N3O/c1-5-11(4,7-15)13-8(2)10-6-12-14-9(10)3/h6,8,13,15H,5,7H2,1-4H3,(H,12,14). The number of aliphatic hydroxyl groups excluding tert-OH is 1. The Bertz CT molecular complexity index is 305. The van der Waals surface area contributed by atoms with Crippen molar-refractivity contribution in [2.45, 2.75) is 45.7 Å². The highest BCUT2D eigenvalue weighted by Crippen LogP contribution is 2.19. The van der Waals surface area contributed by atoms with E-state index in [4.69, 9.17) is 0 Å². The molecule has 0 aliphatic carbocycles. The van der Waals surface area contributed by atoms with E-state index in [-0.39, 0.29) is 18.2 Å². The summed E-state index contributed by atoms with van der Waals surface area (Å²) >= 11 is 0. The van der Waals surface area contributed by atoms with Crippen LogP contribution in [-0.2, 0) is 0 Å². The Labute approximate surface area is 91.1 Å². The average molecular weight is 211 g/mol. The fourth-order valence-electron chi connectivity index (χ4n) is 1.66. The Kier molecular flexibility index (Phi) is 3.88. The molecule has 1 aromatic heterocycles. The number of hydrogen-bond acceptors (Lipinski definition) is 3. The van der Waals surface area contributed by atoms with Crippen LogP contribution in [0.2, 0.25) is 0 Å². The van der Waals surface area contributed by atoms with Crippen molar-refractivity contribution in [3.05, 3.63) is 17.5 Å². The van der Waals surface area contributed by atoms with Gasteiger partial charge in [0.15, 0.2) is 0 Å². The number of aliphatic hydroxyl groups is 1. The second kappa shape index (κ2) is 4.77. The SMILES string of the molecule is CCC(C)(CO)NC(C)c1cn[nH]c1C. The monoisotopic (exact) mass is 211 g/mol. The summed E-state index contributed by atoms with van der Waals surface area (Å²) < 4.78 is 0. The van der Waals surface area contributed by atoms with Gasteiger partial charge in [0.25, 0.3) is 0 Å². The summed E-state index contributed by atoms with van der Waals surface area (Å²) in [6.07, 6.45) is 2.73. The van der Waals surface area contributed by atoms with Gasteiger partial charge in [0.2, 0.25) is 0 Å². The first-order valence-electron chi connectivity index (χ1n) is 5.41. The highest BCUT2D eigenvalue weighted by atomic mass is 16.3. The normalized spacial score (nSPS) is 17.4. The number of rotatable bonds is 5. The molecule has 2 atom stereocenters. The maximum atomic E-state index is 9.32. The number of nitrogens with zero attached hydrogens (tertiary/aromatic N) is 1. The Balaban J connectivity index is 2.71. The molecule has 0 radical (unpaired) electrons. The number of aromatic amines is 1. The molecule has 0 saturated carbocycles. The zero-order chi connectivity index (χ0) is 11.5. The van der Waals surface area contributed by atoms with Gasteiger partial charge < -0.3 is 10.4 Å². The number of H-pyrrole nitrogens is 1. The molecule has 4 nitrogen and oxygen atoms in total. The lowest BCUT2D eigenvalue weighted by Gasteiger charge is -2.31. The van der Waals surface area contributed by atoms with Crippen molar-refractivity contribution < 1.29 is 5.11 Å². The fourth-order valence-corrected chi connectivity index (χ4v) is 1.66. The molecule has 0 aliphatic heterocycles. The summed E-state index contributed by atoms with van der Waals surface area (Å²) in [6.45, 7) is 8.33. The third kappa shape index (κ3) is 2.79. The van der Waals surface area contributed by atoms with Crippen molar-refractivity contribution >= 4 is 0 Å². The summed E-state index contributed by atoms with van der Waals surface area (Å²) in [5.41, 5.74) is 2.01. The molecule has 3 N–H and O–H groups in total. The second-order valence-electron chi connectivity index (χ2n) is 4.39. The van der Waals surface area contributed by atoms with Crippen molar-refractivity contribution in [1.29, 1.82) is 0 Å². The summed E-state index contributed by atoms with van der Waals surface area (Å²) in [7, 11) is 0. The first-order valence-corrected chi connectivity index (χ1v) is 5.41. The minimum absolute atomic E-state index is 0.144. The van der Waals surface area contributed by atoms with E-state index >= 15 is 0 Å². The van der Waals surface area contributed by atoms with E-state index in [1.807, 2.05) is 20.0 Å². The van der Waals surface area contributed by atoms with Gasteiger partial charge in [-0.2, -0.15) is 5.10 Å². The molecule has 1 heterocycles. The Hall–Kier alpha value is -0.870. The lowest BCUT2D eigenvalue weighted by molar-refractivity contribution is 0.159. The van der Waals surface area contributed by atoms with Crippen LogP contribution in [0.15, 0.2) is 6.20 Å². The molecule has 0 aromatic carbocycles. The largest absolute Gasteiger partial charge is 0.394 e. The molecular formula is C11H21N3O. The molecule has 0 amide bonds. The van der Waals surface area contributed by atoms with Gasteiger partial charge in [-0.3, -0.25) is 5.10 Å². The Morgan fingerprint density at radius 1 is 1.67 bits per heavy atom. The first-order chi connectivity index (χ1) is 7.02. The lowest BCUT2D eigenvalue weighted by Crippen LogP contribution is -2.46. The molecule has 0 spiro atoms. The average Bonchev–Trinajstić information content (AvgIpc) is 2.64. The van der Waals surface area contributed by atoms with Crippen molar-refractivity contribution in [1.82, 2.24) is 15.5 Å². The van der Waals surface area contributed by atoms with Gasteiger partial charge in [-0.1, -0.05) is 6.92 Å². The zero-order valence-corrected chi connectivity index (χ0v) is 9.96. The van der Waals surface area contributed by atoms with Gasteiger partial charge in [0, 0.05) is 22.8 Å². The smallest absolute Gasteiger partial charge is 0.0610 e. The molecule has 1 aromatic rings. The zero-order valence-electron chi connectivity index (χ0n) is 9.96. The van der Waals surface area contributed by atoms with Crippen molar-refractivity contribution in [3.63, 3.8) is 0 Å². The third-order valence-corrected chi connectivity index (χ3v) is 3.03. The van der Waals surface area contributed by atoms with Crippen LogP contribution in [0.3, 0.4) is 0 Å². The molecule has 0 bridgehead atoms. The molecular weight excluding hydrogens is 190 g/mol. The predicted molar refractivity (Wildman–Crippen MR) is 60.7 cm³/mol. The van der Waals surface area contributed by atoms with Crippen molar-refractivity contribution in [3.8, 4) is 0 Å². The van der Waals surface area contributed by atoms with Crippen LogP contribution in [0.5, 0.6) is 0 Å². The van der Waals surface area contributed by atoms with Crippen LogP contribution in [0, 0.1) is 6.92 Å². The first kappa shape index (κ1) is 12.2. The summed E-state index contributed by atoms with van der Waals surface area (Å²) in [5, 5.41) is 19.7. The molecule has 0 fully saturated rings. The van der Waals surface area contributed by atoms with E-state index in [1.165, 1.54) is 0 Å². The summed E-state index contributed by atoms with van der Waals surface area (Å²) in [4.78, 5) is 0. The number of aryl methyl sites for hydroxylation is 1. The lowest BCUT2D eigenvalue weighted by atomic mass is 9.97. The van der Waals surface area contributed by atoms with Gasteiger partial charge in [-0.05, 0) is 27.2 Å². The van der Waals surface area contributed by atoms with E-state index in [0.29, 0.717) is 0 Å². The number of aromatic nitrogens is 2. The maximum absolute atomic E-state index is 9.32. The molecule has 0 aliphatic rings.